The van der Waals surface area contributed by atoms with Gasteiger partial charge in [-0.1, -0.05) is 11.6 Å². The van der Waals surface area contributed by atoms with Gasteiger partial charge in [0.15, 0.2) is 6.17 Å². The lowest BCUT2D eigenvalue weighted by atomic mass is 9.76. The van der Waals surface area contributed by atoms with Crippen molar-refractivity contribution in [1.29, 1.82) is 0 Å². The Morgan fingerprint density at radius 3 is 2.63 bits per heavy atom. The van der Waals surface area contributed by atoms with E-state index in [1.807, 2.05) is 6.07 Å². The normalized spacial score (nSPS) is 20.1. The maximum atomic E-state index is 14.9. The third-order valence-electron chi connectivity index (χ3n) is 5.88. The quantitative estimate of drug-likeness (QED) is 0.510. The van der Waals surface area contributed by atoms with Crippen molar-refractivity contribution >= 4 is 39.8 Å². The zero-order valence-electron chi connectivity index (χ0n) is 16.2. The van der Waals surface area contributed by atoms with E-state index in [2.05, 4.69) is 10.3 Å². The SMILES string of the molecule is Nc1cc(Cl)ccc1NC(=O)C(F)C1CCC(c2ccnc3ccc(F)cc23)CC1. The molecule has 1 aromatic heterocycles. The smallest absolute Gasteiger partial charge is 0.259 e. The Kier molecular flexibility index (Phi) is 5.86. The number of nitrogen functional groups attached to an aromatic ring is 1. The highest BCUT2D eigenvalue weighted by Gasteiger charge is 2.33. The van der Waals surface area contributed by atoms with E-state index in [0.717, 1.165) is 29.3 Å². The van der Waals surface area contributed by atoms with Gasteiger partial charge in [-0.15, -0.1) is 0 Å². The van der Waals surface area contributed by atoms with Gasteiger partial charge in [-0.3, -0.25) is 9.78 Å². The minimum absolute atomic E-state index is 0.190. The Bertz CT molecular complexity index is 1080. The first-order valence-electron chi connectivity index (χ1n) is 9.96. The number of nitrogens with zero attached hydrogens (tertiary/aromatic N) is 1. The Balaban J connectivity index is 1.42. The summed E-state index contributed by atoms with van der Waals surface area (Å²) in [5.41, 5.74) is 8.26. The van der Waals surface area contributed by atoms with Crippen LogP contribution >= 0.6 is 11.6 Å². The molecule has 3 N–H and O–H groups in total. The van der Waals surface area contributed by atoms with Crippen molar-refractivity contribution in [3.63, 3.8) is 0 Å². The monoisotopic (exact) mass is 429 g/mol. The van der Waals surface area contributed by atoms with Crippen LogP contribution in [0, 0.1) is 11.7 Å². The summed E-state index contributed by atoms with van der Waals surface area (Å²) in [5, 5.41) is 3.81. The van der Waals surface area contributed by atoms with Gasteiger partial charge < -0.3 is 11.1 Å². The lowest BCUT2D eigenvalue weighted by Gasteiger charge is -2.30. The fourth-order valence-electron chi connectivity index (χ4n) is 4.28. The second-order valence-electron chi connectivity index (χ2n) is 7.80. The van der Waals surface area contributed by atoms with Crippen molar-refractivity contribution in [2.45, 2.75) is 37.8 Å². The van der Waals surface area contributed by atoms with E-state index in [1.165, 1.54) is 18.2 Å². The number of alkyl halides is 1. The highest BCUT2D eigenvalue weighted by molar-refractivity contribution is 6.31. The number of amides is 1. The van der Waals surface area contributed by atoms with Crippen LogP contribution in [0.5, 0.6) is 0 Å². The number of rotatable bonds is 4. The number of hydrogen-bond acceptors (Lipinski definition) is 3. The first kappa shape index (κ1) is 20.5. The van der Waals surface area contributed by atoms with Gasteiger partial charge in [0.1, 0.15) is 5.82 Å². The number of nitrogens with two attached hydrogens (primary N) is 1. The van der Waals surface area contributed by atoms with E-state index in [-0.39, 0.29) is 17.7 Å². The predicted molar refractivity (Wildman–Crippen MR) is 116 cm³/mol. The molecular weight excluding hydrogens is 408 g/mol. The second-order valence-corrected chi connectivity index (χ2v) is 8.23. The summed E-state index contributed by atoms with van der Waals surface area (Å²) in [6, 6.07) is 11.2. The third-order valence-corrected chi connectivity index (χ3v) is 6.12. The molecule has 0 aliphatic heterocycles. The standard InChI is InChI=1S/C23H22ClF2N3O/c24-15-5-7-21(19(27)11-15)29-23(30)22(26)14-3-1-13(2-4-14)17-9-10-28-20-8-6-16(25)12-18(17)20/h5-14,22H,1-4,27H2,(H,29,30). The van der Waals surface area contributed by atoms with Crippen molar-refractivity contribution in [2.24, 2.45) is 5.92 Å². The van der Waals surface area contributed by atoms with E-state index in [1.54, 1.807) is 24.4 Å². The van der Waals surface area contributed by atoms with Gasteiger partial charge in [0.25, 0.3) is 5.91 Å². The first-order valence-corrected chi connectivity index (χ1v) is 10.3. The summed E-state index contributed by atoms with van der Waals surface area (Å²) in [4.78, 5) is 16.7. The van der Waals surface area contributed by atoms with Crippen molar-refractivity contribution in [2.75, 3.05) is 11.1 Å². The molecule has 1 saturated carbocycles. The number of anilines is 2. The number of carbonyl (C=O) groups is 1. The van der Waals surface area contributed by atoms with E-state index in [4.69, 9.17) is 17.3 Å². The summed E-state index contributed by atoms with van der Waals surface area (Å²) >= 11 is 5.86. The number of halogens is 3. The van der Waals surface area contributed by atoms with Crippen LogP contribution in [-0.2, 0) is 4.79 Å². The average Bonchev–Trinajstić information content (AvgIpc) is 2.75. The first-order chi connectivity index (χ1) is 14.4. The number of fused-ring (bicyclic) bond motifs is 1. The second kappa shape index (κ2) is 8.56. The Morgan fingerprint density at radius 2 is 1.90 bits per heavy atom. The van der Waals surface area contributed by atoms with Gasteiger partial charge in [0.2, 0.25) is 0 Å². The van der Waals surface area contributed by atoms with Gasteiger partial charge in [0.05, 0.1) is 16.9 Å². The van der Waals surface area contributed by atoms with Gasteiger partial charge >= 0.3 is 0 Å². The van der Waals surface area contributed by atoms with Crippen LogP contribution in [0.25, 0.3) is 10.9 Å². The van der Waals surface area contributed by atoms with Crippen molar-refractivity contribution in [3.05, 3.63) is 65.1 Å². The number of carbonyl (C=O) groups excluding carboxylic acids is 1. The molecule has 1 heterocycles. The molecular formula is C23H22ClF2N3O. The minimum Gasteiger partial charge on any atom is -0.397 e. The molecule has 1 fully saturated rings. The minimum atomic E-state index is -1.62. The third kappa shape index (κ3) is 4.24. The number of hydrogen-bond donors (Lipinski definition) is 2. The molecule has 0 saturated heterocycles. The molecule has 4 nitrogen and oxygen atoms in total. The molecule has 0 spiro atoms. The van der Waals surface area contributed by atoms with Crippen LogP contribution in [-0.4, -0.2) is 17.1 Å². The van der Waals surface area contributed by atoms with Gasteiger partial charge in [-0.2, -0.15) is 0 Å². The number of nitrogens with one attached hydrogen (secondary N) is 1. The van der Waals surface area contributed by atoms with Crippen LogP contribution in [0.2, 0.25) is 5.02 Å². The maximum absolute atomic E-state index is 14.9. The molecule has 1 amide bonds. The van der Waals surface area contributed by atoms with Crippen molar-refractivity contribution in [3.8, 4) is 0 Å². The Morgan fingerprint density at radius 1 is 1.13 bits per heavy atom. The number of aromatic nitrogens is 1. The average molecular weight is 430 g/mol. The Hall–Kier alpha value is -2.73. The fraction of sp³-hybridized carbons (Fsp3) is 0.304. The van der Waals surface area contributed by atoms with Crippen molar-refractivity contribution < 1.29 is 13.6 Å². The summed E-state index contributed by atoms with van der Waals surface area (Å²) in [6.07, 6.45) is 2.73. The summed E-state index contributed by atoms with van der Waals surface area (Å²) in [5.74, 6) is -1.16. The molecule has 156 valence electrons. The molecule has 0 radical (unpaired) electrons. The van der Waals surface area contributed by atoms with E-state index < -0.39 is 12.1 Å². The Labute approximate surface area is 178 Å². The van der Waals surface area contributed by atoms with Crippen LogP contribution in [0.15, 0.2) is 48.7 Å². The molecule has 1 atom stereocenters. The van der Waals surface area contributed by atoms with E-state index in [0.29, 0.717) is 29.2 Å². The van der Waals surface area contributed by atoms with Gasteiger partial charge in [-0.05, 0) is 85.5 Å². The lowest BCUT2D eigenvalue weighted by Crippen LogP contribution is -2.33. The van der Waals surface area contributed by atoms with Crippen molar-refractivity contribution in [1.82, 2.24) is 4.98 Å². The largest absolute Gasteiger partial charge is 0.397 e. The molecule has 1 unspecified atom stereocenters. The molecule has 2 aromatic carbocycles. The topological polar surface area (TPSA) is 68.0 Å². The van der Waals surface area contributed by atoms with Crippen LogP contribution in [0.3, 0.4) is 0 Å². The molecule has 30 heavy (non-hydrogen) atoms. The lowest BCUT2D eigenvalue weighted by molar-refractivity contribution is -0.123. The highest BCUT2D eigenvalue weighted by Crippen LogP contribution is 2.40. The summed E-state index contributed by atoms with van der Waals surface area (Å²) < 4.78 is 28.6. The molecule has 7 heteroatoms. The van der Waals surface area contributed by atoms with Gasteiger partial charge in [-0.25, -0.2) is 8.78 Å². The van der Waals surface area contributed by atoms with Crippen LogP contribution < -0.4 is 11.1 Å². The summed E-state index contributed by atoms with van der Waals surface area (Å²) in [7, 11) is 0. The maximum Gasteiger partial charge on any atom is 0.259 e. The number of benzene rings is 2. The van der Waals surface area contributed by atoms with Gasteiger partial charge in [0, 0.05) is 16.6 Å². The number of pyridine rings is 1. The highest BCUT2D eigenvalue weighted by atomic mass is 35.5. The fourth-order valence-corrected chi connectivity index (χ4v) is 4.46. The van der Waals surface area contributed by atoms with E-state index in [9.17, 15) is 13.6 Å². The van der Waals surface area contributed by atoms with Crippen LogP contribution in [0.4, 0.5) is 20.2 Å². The summed E-state index contributed by atoms with van der Waals surface area (Å²) in [6.45, 7) is 0. The molecule has 1 aliphatic rings. The van der Waals surface area contributed by atoms with Crippen LogP contribution in [0.1, 0.15) is 37.2 Å². The predicted octanol–water partition coefficient (Wildman–Crippen LogP) is 5.86. The molecule has 0 bridgehead atoms. The molecule has 4 rings (SSSR count). The molecule has 3 aromatic rings. The van der Waals surface area contributed by atoms with E-state index >= 15 is 0 Å². The molecule has 1 aliphatic carbocycles. The zero-order chi connectivity index (χ0) is 21.3. The zero-order valence-corrected chi connectivity index (χ0v) is 17.0.